The second-order valence-electron chi connectivity index (χ2n) is 6.49. The molecule has 0 aliphatic carbocycles. The molecule has 0 aliphatic rings. The van der Waals surface area contributed by atoms with Crippen molar-refractivity contribution in [1.29, 1.82) is 5.26 Å². The molecule has 0 heterocycles. The van der Waals surface area contributed by atoms with Gasteiger partial charge in [-0.3, -0.25) is 10.1 Å². The van der Waals surface area contributed by atoms with Crippen LogP contribution in [0.15, 0.2) is 66.7 Å². The van der Waals surface area contributed by atoms with E-state index in [9.17, 15) is 9.18 Å². The average Bonchev–Trinajstić information content (AvgIpc) is 2.75. The van der Waals surface area contributed by atoms with E-state index in [-0.39, 0.29) is 29.3 Å². The predicted octanol–water partition coefficient (Wildman–Crippen LogP) is 4.68. The summed E-state index contributed by atoms with van der Waals surface area (Å²) in [7, 11) is 1.59. The van der Waals surface area contributed by atoms with Crippen LogP contribution in [0.5, 0.6) is 5.75 Å². The highest BCUT2D eigenvalue weighted by Gasteiger charge is 2.16. The molecule has 2 N–H and O–H groups in total. The summed E-state index contributed by atoms with van der Waals surface area (Å²) in [5, 5.41) is 15.2. The summed E-state index contributed by atoms with van der Waals surface area (Å²) in [5.41, 5.74) is 2.55. The number of amides is 1. The van der Waals surface area contributed by atoms with Gasteiger partial charge in [0.15, 0.2) is 0 Å². The van der Waals surface area contributed by atoms with Crippen molar-refractivity contribution in [3.63, 3.8) is 0 Å². The molecule has 5 nitrogen and oxygen atoms in total. The van der Waals surface area contributed by atoms with E-state index in [1.165, 1.54) is 18.2 Å². The van der Waals surface area contributed by atoms with Crippen molar-refractivity contribution >= 4 is 23.2 Å². The molecule has 0 saturated carbocycles. The average molecular weight is 424 g/mol. The quantitative estimate of drug-likeness (QED) is 0.578. The lowest BCUT2D eigenvalue weighted by atomic mass is 9.98. The number of ether oxygens (including phenoxy) is 1. The van der Waals surface area contributed by atoms with Gasteiger partial charge < -0.3 is 10.1 Å². The first kappa shape index (κ1) is 21.3. The number of nitriles is 1. The Morgan fingerprint density at radius 3 is 2.30 bits per heavy atom. The maximum Gasteiger partial charge on any atom is 0.238 e. The molecule has 1 atom stereocenters. The molecule has 1 unspecified atom stereocenters. The van der Waals surface area contributed by atoms with Crippen LogP contribution in [0.25, 0.3) is 0 Å². The molecular formula is C23H19ClFN3O2. The Hall–Kier alpha value is -3.40. The van der Waals surface area contributed by atoms with Crippen LogP contribution in [0.2, 0.25) is 5.02 Å². The van der Waals surface area contributed by atoms with Crippen molar-refractivity contribution in [2.75, 3.05) is 19.0 Å². The molecule has 3 aromatic rings. The molecule has 1 amide bonds. The van der Waals surface area contributed by atoms with Gasteiger partial charge in [0.25, 0.3) is 0 Å². The smallest absolute Gasteiger partial charge is 0.238 e. The number of rotatable bonds is 7. The second kappa shape index (κ2) is 9.88. The van der Waals surface area contributed by atoms with Gasteiger partial charge in [0.1, 0.15) is 17.6 Å². The van der Waals surface area contributed by atoms with Crippen LogP contribution in [-0.2, 0) is 4.79 Å². The first-order valence-electron chi connectivity index (χ1n) is 9.12. The van der Waals surface area contributed by atoms with Crippen molar-refractivity contribution in [3.05, 3.63) is 94.3 Å². The molecule has 7 heteroatoms. The number of benzene rings is 3. The highest BCUT2D eigenvalue weighted by Crippen LogP contribution is 2.25. The molecular weight excluding hydrogens is 405 g/mol. The van der Waals surface area contributed by atoms with E-state index in [0.29, 0.717) is 17.0 Å². The van der Waals surface area contributed by atoms with Gasteiger partial charge in [-0.15, -0.1) is 0 Å². The summed E-state index contributed by atoms with van der Waals surface area (Å²) in [6.45, 7) is 0.00565. The van der Waals surface area contributed by atoms with Crippen molar-refractivity contribution in [1.82, 2.24) is 5.32 Å². The summed E-state index contributed by atoms with van der Waals surface area (Å²) < 4.78 is 18.6. The fourth-order valence-corrected chi connectivity index (χ4v) is 3.19. The zero-order valence-electron chi connectivity index (χ0n) is 16.2. The Bertz CT molecular complexity index is 1060. The van der Waals surface area contributed by atoms with Crippen LogP contribution < -0.4 is 15.4 Å². The minimum atomic E-state index is -0.331. The van der Waals surface area contributed by atoms with Gasteiger partial charge in [0.2, 0.25) is 5.91 Å². The number of nitrogens with one attached hydrogen (secondary N) is 2. The highest BCUT2D eigenvalue weighted by atomic mass is 35.5. The lowest BCUT2D eigenvalue weighted by Crippen LogP contribution is -2.32. The molecule has 0 aromatic heterocycles. The molecule has 0 bridgehead atoms. The molecule has 0 saturated heterocycles. The summed E-state index contributed by atoms with van der Waals surface area (Å²) >= 11 is 6.01. The first-order chi connectivity index (χ1) is 14.5. The summed E-state index contributed by atoms with van der Waals surface area (Å²) in [4.78, 5) is 12.4. The van der Waals surface area contributed by atoms with Gasteiger partial charge in [-0.1, -0.05) is 35.9 Å². The topological polar surface area (TPSA) is 74.2 Å². The number of halogens is 2. The molecule has 3 rings (SSSR count). The maximum atomic E-state index is 13.4. The third kappa shape index (κ3) is 5.35. The Kier molecular flexibility index (Phi) is 7.02. The van der Waals surface area contributed by atoms with Gasteiger partial charge in [0.05, 0.1) is 30.3 Å². The fraction of sp³-hybridized carbons (Fsp3) is 0.130. The monoisotopic (exact) mass is 423 g/mol. The maximum absolute atomic E-state index is 13.4. The van der Waals surface area contributed by atoms with Crippen LogP contribution in [0.4, 0.5) is 10.1 Å². The Balaban J connectivity index is 1.74. The largest absolute Gasteiger partial charge is 0.497 e. The molecule has 0 radical (unpaired) electrons. The molecule has 0 spiro atoms. The molecule has 0 aliphatic heterocycles. The van der Waals surface area contributed by atoms with Crippen LogP contribution in [-0.4, -0.2) is 19.6 Å². The van der Waals surface area contributed by atoms with Crippen LogP contribution in [0.3, 0.4) is 0 Å². The molecule has 30 heavy (non-hydrogen) atoms. The van der Waals surface area contributed by atoms with E-state index in [4.69, 9.17) is 21.6 Å². The van der Waals surface area contributed by atoms with E-state index in [1.807, 2.05) is 30.3 Å². The summed E-state index contributed by atoms with van der Waals surface area (Å²) in [6.07, 6.45) is 0. The van der Waals surface area contributed by atoms with E-state index in [0.717, 1.165) is 11.1 Å². The van der Waals surface area contributed by atoms with E-state index >= 15 is 0 Å². The molecule has 152 valence electrons. The third-order valence-corrected chi connectivity index (χ3v) is 4.81. The number of anilines is 1. The van der Waals surface area contributed by atoms with E-state index < -0.39 is 0 Å². The zero-order valence-corrected chi connectivity index (χ0v) is 16.9. The third-order valence-electron chi connectivity index (χ3n) is 4.49. The Morgan fingerprint density at radius 2 is 1.73 bits per heavy atom. The SMILES string of the molecule is COc1ccc(C(NCC(=O)Nc2ccc(C#N)c(Cl)c2)c2ccc(F)cc2)cc1. The fourth-order valence-electron chi connectivity index (χ4n) is 2.96. The van der Waals surface area contributed by atoms with Gasteiger partial charge in [-0.2, -0.15) is 5.26 Å². The second-order valence-corrected chi connectivity index (χ2v) is 6.90. The van der Waals surface area contributed by atoms with Gasteiger partial charge in [0, 0.05) is 5.69 Å². The molecule has 0 fully saturated rings. The number of hydrogen-bond donors (Lipinski definition) is 2. The van der Waals surface area contributed by atoms with E-state index in [1.54, 1.807) is 31.4 Å². The van der Waals surface area contributed by atoms with Crippen molar-refractivity contribution in [3.8, 4) is 11.8 Å². The van der Waals surface area contributed by atoms with E-state index in [2.05, 4.69) is 10.6 Å². The van der Waals surface area contributed by atoms with Crippen LogP contribution in [0, 0.1) is 17.1 Å². The lowest BCUT2D eigenvalue weighted by molar-refractivity contribution is -0.115. The van der Waals surface area contributed by atoms with Crippen LogP contribution in [0.1, 0.15) is 22.7 Å². The summed E-state index contributed by atoms with van der Waals surface area (Å²) in [6, 6.07) is 19.9. The number of methoxy groups -OCH3 is 1. The number of nitrogens with zero attached hydrogens (tertiary/aromatic N) is 1. The lowest BCUT2D eigenvalue weighted by Gasteiger charge is -2.20. The Morgan fingerprint density at radius 1 is 1.10 bits per heavy atom. The van der Waals surface area contributed by atoms with Crippen molar-refractivity contribution < 1.29 is 13.9 Å². The minimum absolute atomic E-state index is 0.00565. The Labute approximate surface area is 179 Å². The number of carbonyl (C=O) groups is 1. The summed E-state index contributed by atoms with van der Waals surface area (Å²) in [5.74, 6) is 0.103. The number of carbonyl (C=O) groups excluding carboxylic acids is 1. The predicted molar refractivity (Wildman–Crippen MR) is 114 cm³/mol. The van der Waals surface area contributed by atoms with Crippen LogP contribution >= 0.6 is 11.6 Å². The van der Waals surface area contributed by atoms with Gasteiger partial charge >= 0.3 is 0 Å². The highest BCUT2D eigenvalue weighted by molar-refractivity contribution is 6.32. The number of hydrogen-bond acceptors (Lipinski definition) is 4. The van der Waals surface area contributed by atoms with Gasteiger partial charge in [-0.05, 0) is 53.6 Å². The first-order valence-corrected chi connectivity index (χ1v) is 9.50. The van der Waals surface area contributed by atoms with Crippen molar-refractivity contribution in [2.24, 2.45) is 0 Å². The van der Waals surface area contributed by atoms with Crippen molar-refractivity contribution in [2.45, 2.75) is 6.04 Å². The minimum Gasteiger partial charge on any atom is -0.497 e. The zero-order chi connectivity index (χ0) is 21.5. The van der Waals surface area contributed by atoms with Gasteiger partial charge in [-0.25, -0.2) is 4.39 Å². The molecule has 3 aromatic carbocycles. The standard InChI is InChI=1S/C23H19ClFN3O2/c1-30-20-10-5-16(6-11-20)23(15-2-7-18(25)8-3-15)27-14-22(29)28-19-9-4-17(13-26)21(24)12-19/h2-12,23,27H,14H2,1H3,(H,28,29). The normalized spacial score (nSPS) is 11.4.